The Bertz CT molecular complexity index is 881. The lowest BCUT2D eigenvalue weighted by atomic mass is 9.78. The van der Waals surface area contributed by atoms with Crippen LogP contribution < -0.4 is 4.74 Å². The molecule has 5 atom stereocenters. The number of aliphatic hydroxyl groups excluding tert-OH is 3. The number of aryl methyl sites for hydroxylation is 1. The van der Waals surface area contributed by atoms with Crippen molar-refractivity contribution in [2.45, 2.75) is 43.9 Å². The standard InChI is InChI=1S/C23H28O6/c1-14-4-7-18(11-17(14)10-16-5-8-19(27-3)9-6-16)23-21(26)20(25)15(2)22(12-24,29-23)13-28-23/h4-9,11,15,20-21,24-26H,10,12-13H2,1-3H3/t15-,20-,21+,22-,23-/m0/s1. The van der Waals surface area contributed by atoms with E-state index in [1.807, 2.05) is 49.4 Å². The largest absolute Gasteiger partial charge is 0.497 e. The van der Waals surface area contributed by atoms with Crippen LogP contribution in [0.15, 0.2) is 42.5 Å². The van der Waals surface area contributed by atoms with Crippen LogP contribution >= 0.6 is 0 Å². The maximum absolute atomic E-state index is 10.9. The Labute approximate surface area is 170 Å². The molecule has 2 aliphatic rings. The van der Waals surface area contributed by atoms with Gasteiger partial charge in [0, 0.05) is 11.5 Å². The molecule has 2 aromatic carbocycles. The van der Waals surface area contributed by atoms with E-state index in [0.29, 0.717) is 12.0 Å². The predicted octanol–water partition coefficient (Wildman–Crippen LogP) is 1.90. The van der Waals surface area contributed by atoms with Gasteiger partial charge in [0.2, 0.25) is 5.79 Å². The van der Waals surface area contributed by atoms with Crippen molar-refractivity contribution in [2.75, 3.05) is 20.3 Å². The molecule has 2 bridgehead atoms. The Morgan fingerprint density at radius 1 is 1.14 bits per heavy atom. The molecule has 156 valence electrons. The molecule has 2 heterocycles. The number of rotatable bonds is 5. The lowest BCUT2D eigenvalue weighted by molar-refractivity contribution is -0.318. The average molecular weight is 400 g/mol. The molecule has 6 nitrogen and oxygen atoms in total. The molecule has 29 heavy (non-hydrogen) atoms. The van der Waals surface area contributed by atoms with E-state index in [9.17, 15) is 15.3 Å². The molecule has 0 aromatic heterocycles. The van der Waals surface area contributed by atoms with Gasteiger partial charge < -0.3 is 29.5 Å². The number of aliphatic hydroxyl groups is 3. The van der Waals surface area contributed by atoms with E-state index in [2.05, 4.69) is 0 Å². The number of fused-ring (bicyclic) bond motifs is 2. The van der Waals surface area contributed by atoms with Crippen LogP contribution in [0.5, 0.6) is 5.75 Å². The van der Waals surface area contributed by atoms with E-state index in [4.69, 9.17) is 14.2 Å². The number of hydrogen-bond acceptors (Lipinski definition) is 6. The first-order valence-corrected chi connectivity index (χ1v) is 9.89. The smallest absolute Gasteiger partial charge is 0.225 e. The van der Waals surface area contributed by atoms with Gasteiger partial charge in [0.05, 0.1) is 26.4 Å². The van der Waals surface area contributed by atoms with Gasteiger partial charge >= 0.3 is 0 Å². The highest BCUT2D eigenvalue weighted by molar-refractivity contribution is 5.39. The zero-order valence-electron chi connectivity index (χ0n) is 17.0. The molecular weight excluding hydrogens is 372 g/mol. The molecule has 6 heteroatoms. The number of benzene rings is 2. The van der Waals surface area contributed by atoms with E-state index in [1.54, 1.807) is 14.0 Å². The summed E-state index contributed by atoms with van der Waals surface area (Å²) in [6, 6.07) is 13.7. The minimum atomic E-state index is -1.49. The van der Waals surface area contributed by atoms with Gasteiger partial charge in [0.1, 0.15) is 17.5 Å². The molecular formula is C23H28O6. The molecule has 2 fully saturated rings. The third-order valence-corrected chi connectivity index (χ3v) is 6.51. The number of ether oxygens (including phenoxy) is 3. The van der Waals surface area contributed by atoms with Crippen LogP contribution in [-0.2, 0) is 21.7 Å². The van der Waals surface area contributed by atoms with Crippen molar-refractivity contribution in [1.29, 1.82) is 0 Å². The summed E-state index contributed by atoms with van der Waals surface area (Å²) in [5.41, 5.74) is 2.90. The molecule has 0 unspecified atom stereocenters. The van der Waals surface area contributed by atoms with Gasteiger partial charge in [-0.25, -0.2) is 0 Å². The predicted molar refractivity (Wildman–Crippen MR) is 107 cm³/mol. The molecule has 0 aliphatic carbocycles. The highest BCUT2D eigenvalue weighted by atomic mass is 16.8. The van der Waals surface area contributed by atoms with Crippen LogP contribution in [0.25, 0.3) is 0 Å². The summed E-state index contributed by atoms with van der Waals surface area (Å²) in [6.45, 7) is 3.61. The van der Waals surface area contributed by atoms with Gasteiger partial charge in [-0.05, 0) is 48.2 Å². The monoisotopic (exact) mass is 400 g/mol. The van der Waals surface area contributed by atoms with Crippen LogP contribution in [0.1, 0.15) is 29.2 Å². The summed E-state index contributed by atoms with van der Waals surface area (Å²) in [6.07, 6.45) is -1.62. The number of methoxy groups -OCH3 is 1. The van der Waals surface area contributed by atoms with Crippen molar-refractivity contribution in [1.82, 2.24) is 0 Å². The summed E-state index contributed by atoms with van der Waals surface area (Å²) < 4.78 is 17.4. The Morgan fingerprint density at radius 3 is 2.52 bits per heavy atom. The maximum atomic E-state index is 10.9. The fourth-order valence-corrected chi connectivity index (χ4v) is 4.35. The zero-order valence-corrected chi connectivity index (χ0v) is 17.0. The highest BCUT2D eigenvalue weighted by Gasteiger charge is 2.65. The molecule has 2 aromatic rings. The van der Waals surface area contributed by atoms with Gasteiger partial charge in [-0.3, -0.25) is 0 Å². The molecule has 4 rings (SSSR count). The van der Waals surface area contributed by atoms with Crippen LogP contribution in [0.4, 0.5) is 0 Å². The first-order valence-electron chi connectivity index (χ1n) is 9.89. The summed E-state index contributed by atoms with van der Waals surface area (Å²) in [5, 5.41) is 31.4. The molecule has 3 N–H and O–H groups in total. The quantitative estimate of drug-likeness (QED) is 0.711. The first kappa shape index (κ1) is 20.3. The summed E-state index contributed by atoms with van der Waals surface area (Å²) in [4.78, 5) is 0. The zero-order chi connectivity index (χ0) is 20.8. The minimum absolute atomic E-state index is 0.112. The molecule has 0 spiro atoms. The SMILES string of the molecule is COc1ccc(Cc2cc([C@]34OC[C@](CO)(O3)[C@@H](C)[C@H](O)[C@H]4O)ccc2C)cc1. The van der Waals surface area contributed by atoms with Gasteiger partial charge in [0.15, 0.2) is 0 Å². The van der Waals surface area contributed by atoms with Crippen LogP contribution in [0, 0.1) is 12.8 Å². The van der Waals surface area contributed by atoms with Crippen molar-refractivity contribution >= 4 is 0 Å². The second-order valence-electron chi connectivity index (χ2n) is 8.17. The van der Waals surface area contributed by atoms with Crippen molar-refractivity contribution in [3.05, 3.63) is 64.7 Å². The van der Waals surface area contributed by atoms with E-state index < -0.39 is 29.5 Å². The fraction of sp³-hybridized carbons (Fsp3) is 0.478. The molecule has 0 amide bonds. The second-order valence-corrected chi connectivity index (χ2v) is 8.17. The summed E-state index contributed by atoms with van der Waals surface area (Å²) >= 11 is 0. The topological polar surface area (TPSA) is 88.4 Å². The Balaban J connectivity index is 1.69. The Hall–Kier alpha value is -1.96. The van der Waals surface area contributed by atoms with Crippen molar-refractivity contribution in [3.63, 3.8) is 0 Å². The lowest BCUT2D eigenvalue weighted by Gasteiger charge is -2.47. The van der Waals surface area contributed by atoms with E-state index >= 15 is 0 Å². The molecule has 2 aliphatic heterocycles. The molecule has 2 saturated heterocycles. The Morgan fingerprint density at radius 2 is 1.86 bits per heavy atom. The fourth-order valence-electron chi connectivity index (χ4n) is 4.35. The summed E-state index contributed by atoms with van der Waals surface area (Å²) in [7, 11) is 1.64. The van der Waals surface area contributed by atoms with E-state index in [0.717, 1.165) is 22.4 Å². The van der Waals surface area contributed by atoms with Crippen molar-refractivity contribution < 1.29 is 29.5 Å². The van der Waals surface area contributed by atoms with E-state index in [1.165, 1.54) is 0 Å². The molecule has 0 radical (unpaired) electrons. The van der Waals surface area contributed by atoms with E-state index in [-0.39, 0.29) is 13.2 Å². The van der Waals surface area contributed by atoms with Crippen molar-refractivity contribution in [2.24, 2.45) is 5.92 Å². The molecule has 0 saturated carbocycles. The maximum Gasteiger partial charge on any atom is 0.225 e. The normalized spacial score (nSPS) is 33.7. The van der Waals surface area contributed by atoms with Crippen LogP contribution in [0.3, 0.4) is 0 Å². The number of hydrogen-bond donors (Lipinski definition) is 3. The van der Waals surface area contributed by atoms with Gasteiger partial charge in [-0.1, -0.05) is 31.2 Å². The Kier molecular flexibility index (Phi) is 5.17. The summed E-state index contributed by atoms with van der Waals surface area (Å²) in [5.74, 6) is -1.14. The van der Waals surface area contributed by atoms with Gasteiger partial charge in [0.25, 0.3) is 0 Å². The average Bonchev–Trinajstić information content (AvgIpc) is 3.13. The van der Waals surface area contributed by atoms with Gasteiger partial charge in [-0.2, -0.15) is 0 Å². The first-order chi connectivity index (χ1) is 13.8. The third-order valence-electron chi connectivity index (χ3n) is 6.51. The van der Waals surface area contributed by atoms with Crippen molar-refractivity contribution in [3.8, 4) is 5.75 Å². The highest BCUT2D eigenvalue weighted by Crippen LogP contribution is 2.51. The minimum Gasteiger partial charge on any atom is -0.497 e. The van der Waals surface area contributed by atoms with Gasteiger partial charge in [-0.15, -0.1) is 0 Å². The van der Waals surface area contributed by atoms with Crippen LogP contribution in [-0.4, -0.2) is 53.5 Å². The lowest BCUT2D eigenvalue weighted by Crippen LogP contribution is -2.61. The second kappa shape index (κ2) is 7.38. The third kappa shape index (κ3) is 3.16. The van der Waals surface area contributed by atoms with Crippen LogP contribution in [0.2, 0.25) is 0 Å².